The van der Waals surface area contributed by atoms with Crippen molar-refractivity contribution in [3.63, 3.8) is 0 Å². The molecule has 1 amide bonds. The van der Waals surface area contributed by atoms with Crippen molar-refractivity contribution in [3.8, 4) is 11.4 Å². The molecule has 20 heavy (non-hydrogen) atoms. The van der Waals surface area contributed by atoms with E-state index >= 15 is 0 Å². The molecule has 0 saturated heterocycles. The first-order valence-corrected chi connectivity index (χ1v) is 5.81. The van der Waals surface area contributed by atoms with E-state index in [1.54, 1.807) is 46.6 Å². The van der Waals surface area contributed by atoms with Gasteiger partial charge in [0.05, 0.1) is 11.4 Å². The minimum Gasteiger partial charge on any atom is -0.366 e. The Morgan fingerprint density at radius 3 is 1.70 bits per heavy atom. The summed E-state index contributed by atoms with van der Waals surface area (Å²) in [6, 6.07) is 3.41. The molecule has 0 unspecified atom stereocenters. The lowest BCUT2D eigenvalue weighted by molar-refractivity contribution is 0.1000. The van der Waals surface area contributed by atoms with Gasteiger partial charge in [-0.15, -0.1) is 20.4 Å². The number of nitrogens with zero attached hydrogens (tertiary/aromatic N) is 6. The van der Waals surface area contributed by atoms with Crippen molar-refractivity contribution in [3.05, 3.63) is 48.6 Å². The Hall–Kier alpha value is -3.03. The van der Waals surface area contributed by atoms with E-state index in [0.29, 0.717) is 5.56 Å². The molecule has 1 aromatic carbocycles. The molecule has 2 N–H and O–H groups in total. The number of aromatic nitrogens is 6. The van der Waals surface area contributed by atoms with Crippen molar-refractivity contribution in [2.75, 3.05) is 0 Å². The quantitative estimate of drug-likeness (QED) is 0.734. The number of primary amides is 1. The average Bonchev–Trinajstić information content (AvgIpc) is 3.12. The van der Waals surface area contributed by atoms with Gasteiger partial charge in [-0.25, -0.2) is 0 Å². The van der Waals surface area contributed by atoms with Crippen LogP contribution in [0.3, 0.4) is 0 Å². The van der Waals surface area contributed by atoms with Gasteiger partial charge in [-0.2, -0.15) is 0 Å². The van der Waals surface area contributed by atoms with Crippen molar-refractivity contribution in [2.45, 2.75) is 6.92 Å². The molecule has 3 aromatic rings. The third-order valence-corrected chi connectivity index (χ3v) is 3.03. The lowest BCUT2D eigenvalue weighted by Crippen LogP contribution is -2.13. The van der Waals surface area contributed by atoms with E-state index < -0.39 is 5.91 Å². The van der Waals surface area contributed by atoms with Gasteiger partial charge in [0.1, 0.15) is 25.3 Å². The van der Waals surface area contributed by atoms with Gasteiger partial charge in [-0.1, -0.05) is 0 Å². The van der Waals surface area contributed by atoms with E-state index in [0.717, 1.165) is 16.9 Å². The number of amides is 1. The molecule has 8 heteroatoms. The molecule has 0 radical (unpaired) electrons. The first-order valence-electron chi connectivity index (χ1n) is 5.81. The van der Waals surface area contributed by atoms with Crippen molar-refractivity contribution in [2.24, 2.45) is 5.73 Å². The van der Waals surface area contributed by atoms with E-state index in [4.69, 9.17) is 5.73 Å². The van der Waals surface area contributed by atoms with E-state index in [9.17, 15) is 4.79 Å². The second-order valence-electron chi connectivity index (χ2n) is 4.24. The summed E-state index contributed by atoms with van der Waals surface area (Å²) in [5.74, 6) is -0.506. The Kier molecular flexibility index (Phi) is 2.75. The molecule has 2 heterocycles. The number of benzene rings is 1. The molecule has 0 aliphatic heterocycles. The normalized spacial score (nSPS) is 10.7. The van der Waals surface area contributed by atoms with Crippen LogP contribution in [0.15, 0.2) is 37.4 Å². The number of nitrogens with two attached hydrogens (primary N) is 1. The van der Waals surface area contributed by atoms with Gasteiger partial charge in [0.15, 0.2) is 0 Å². The number of hydrogen-bond acceptors (Lipinski definition) is 5. The van der Waals surface area contributed by atoms with Crippen molar-refractivity contribution >= 4 is 5.91 Å². The standard InChI is InChI=1S/C12H11N7O/c1-8-10(18-4-14-15-5-18)2-9(12(13)20)3-11(8)19-6-16-17-7-19/h2-7H,1H3,(H2,13,20). The number of rotatable bonds is 3. The Bertz CT molecular complexity index is 691. The second kappa shape index (κ2) is 4.57. The number of carbonyl (C=O) groups excluding carboxylic acids is 1. The van der Waals surface area contributed by atoms with Crippen LogP contribution in [0.4, 0.5) is 0 Å². The van der Waals surface area contributed by atoms with Crippen LogP contribution >= 0.6 is 0 Å². The molecular formula is C12H11N7O. The van der Waals surface area contributed by atoms with E-state index in [-0.39, 0.29) is 0 Å². The summed E-state index contributed by atoms with van der Waals surface area (Å²) in [4.78, 5) is 11.5. The van der Waals surface area contributed by atoms with Crippen LogP contribution in [0.25, 0.3) is 11.4 Å². The minimum atomic E-state index is -0.506. The van der Waals surface area contributed by atoms with Gasteiger partial charge in [0.2, 0.25) is 5.91 Å². The highest BCUT2D eigenvalue weighted by molar-refractivity contribution is 5.94. The smallest absolute Gasteiger partial charge is 0.248 e. The van der Waals surface area contributed by atoms with Crippen LogP contribution in [0.5, 0.6) is 0 Å². The first kappa shape index (κ1) is 12.0. The van der Waals surface area contributed by atoms with Crippen LogP contribution in [0, 0.1) is 6.92 Å². The summed E-state index contributed by atoms with van der Waals surface area (Å²) in [6.45, 7) is 1.93. The fourth-order valence-corrected chi connectivity index (χ4v) is 2.01. The molecular weight excluding hydrogens is 258 g/mol. The van der Waals surface area contributed by atoms with Gasteiger partial charge in [0, 0.05) is 5.56 Å². The van der Waals surface area contributed by atoms with Gasteiger partial charge >= 0.3 is 0 Å². The molecule has 0 spiro atoms. The highest BCUT2D eigenvalue weighted by atomic mass is 16.1. The van der Waals surface area contributed by atoms with Crippen molar-refractivity contribution in [1.29, 1.82) is 0 Å². The summed E-state index contributed by atoms with van der Waals surface area (Å²) in [6.07, 6.45) is 6.23. The van der Waals surface area contributed by atoms with Crippen molar-refractivity contribution < 1.29 is 4.79 Å². The monoisotopic (exact) mass is 269 g/mol. The molecule has 2 aromatic heterocycles. The Morgan fingerprint density at radius 2 is 1.35 bits per heavy atom. The van der Waals surface area contributed by atoms with Crippen molar-refractivity contribution in [1.82, 2.24) is 29.5 Å². The third-order valence-electron chi connectivity index (χ3n) is 3.03. The van der Waals surface area contributed by atoms with Crippen LogP contribution < -0.4 is 5.73 Å². The highest BCUT2D eigenvalue weighted by Crippen LogP contribution is 2.23. The molecule has 8 nitrogen and oxygen atoms in total. The summed E-state index contributed by atoms with van der Waals surface area (Å²) in [5.41, 5.74) is 8.25. The maximum absolute atomic E-state index is 11.5. The topological polar surface area (TPSA) is 105 Å². The second-order valence-corrected chi connectivity index (χ2v) is 4.24. The molecule has 3 rings (SSSR count). The molecule has 0 bridgehead atoms. The predicted octanol–water partition coefficient (Wildman–Crippen LogP) is 0.255. The van der Waals surface area contributed by atoms with Gasteiger partial charge in [-0.05, 0) is 24.6 Å². The summed E-state index contributed by atoms with van der Waals surface area (Å²) >= 11 is 0. The molecule has 0 aliphatic carbocycles. The van der Waals surface area contributed by atoms with Crippen LogP contribution in [0.1, 0.15) is 15.9 Å². The van der Waals surface area contributed by atoms with E-state index in [2.05, 4.69) is 20.4 Å². The molecule has 100 valence electrons. The van der Waals surface area contributed by atoms with Gasteiger partial charge in [0.25, 0.3) is 0 Å². The molecule has 0 fully saturated rings. The zero-order valence-corrected chi connectivity index (χ0v) is 10.6. The highest BCUT2D eigenvalue weighted by Gasteiger charge is 2.13. The fraction of sp³-hybridized carbons (Fsp3) is 0.0833. The maximum Gasteiger partial charge on any atom is 0.248 e. The largest absolute Gasteiger partial charge is 0.366 e. The first-order chi connectivity index (χ1) is 9.66. The van der Waals surface area contributed by atoms with Crippen LogP contribution in [-0.2, 0) is 0 Å². The summed E-state index contributed by atoms with van der Waals surface area (Å²) in [5, 5.41) is 15.1. The SMILES string of the molecule is Cc1c(-n2cnnc2)cc(C(N)=O)cc1-n1cnnc1. The zero-order chi connectivity index (χ0) is 14.1. The lowest BCUT2D eigenvalue weighted by atomic mass is 10.1. The van der Waals surface area contributed by atoms with Gasteiger partial charge < -0.3 is 5.73 Å². The minimum absolute atomic E-state index is 0.392. The van der Waals surface area contributed by atoms with Gasteiger partial charge in [-0.3, -0.25) is 13.9 Å². The molecule has 0 atom stereocenters. The predicted molar refractivity (Wildman–Crippen MR) is 69.5 cm³/mol. The lowest BCUT2D eigenvalue weighted by Gasteiger charge is -2.13. The fourth-order valence-electron chi connectivity index (χ4n) is 2.01. The summed E-state index contributed by atoms with van der Waals surface area (Å²) in [7, 11) is 0. The van der Waals surface area contributed by atoms with Crippen LogP contribution in [0.2, 0.25) is 0 Å². The molecule has 0 saturated carbocycles. The van der Waals surface area contributed by atoms with Crippen LogP contribution in [-0.4, -0.2) is 35.4 Å². The van der Waals surface area contributed by atoms with E-state index in [1.165, 1.54) is 0 Å². The zero-order valence-electron chi connectivity index (χ0n) is 10.6. The third kappa shape index (κ3) is 1.92. The number of hydrogen-bond donors (Lipinski definition) is 1. The Labute approximate surface area is 113 Å². The Morgan fingerprint density at radius 1 is 0.950 bits per heavy atom. The average molecular weight is 269 g/mol. The molecule has 0 aliphatic rings. The Balaban J connectivity index is 2.27. The maximum atomic E-state index is 11.5. The summed E-state index contributed by atoms with van der Waals surface area (Å²) < 4.78 is 3.44. The van der Waals surface area contributed by atoms with E-state index in [1.807, 2.05) is 6.92 Å². The number of carbonyl (C=O) groups is 1.